The van der Waals surface area contributed by atoms with Crippen molar-refractivity contribution in [3.63, 3.8) is 0 Å². The minimum atomic E-state index is -0.203. The van der Waals surface area contributed by atoms with Gasteiger partial charge in [-0.2, -0.15) is 0 Å². The largest absolute Gasteiger partial charge is 0.390 e. The van der Waals surface area contributed by atoms with Crippen LogP contribution in [0.4, 0.5) is 0 Å². The van der Waals surface area contributed by atoms with Gasteiger partial charge in [-0.15, -0.1) is 0 Å². The quantitative estimate of drug-likeness (QED) is 0.627. The van der Waals surface area contributed by atoms with Gasteiger partial charge in [-0.25, -0.2) is 0 Å². The highest BCUT2D eigenvalue weighted by molar-refractivity contribution is 9.09. The minimum Gasteiger partial charge on any atom is -0.390 e. The maximum Gasteiger partial charge on any atom is 0.0838 e. The summed E-state index contributed by atoms with van der Waals surface area (Å²) in [5.41, 5.74) is 0. The third-order valence-corrected chi connectivity index (χ3v) is 3.70. The molecule has 1 N–H and O–H groups in total. The number of ether oxygens (including phenoxy) is 1. The highest BCUT2D eigenvalue weighted by Crippen LogP contribution is 2.34. The fraction of sp³-hybridized carbons (Fsp3) is 1.00. The monoisotopic (exact) mass is 220 g/mol. The van der Waals surface area contributed by atoms with E-state index < -0.39 is 0 Å². The van der Waals surface area contributed by atoms with Gasteiger partial charge in [0.1, 0.15) is 0 Å². The number of aliphatic hydroxyl groups is 1. The van der Waals surface area contributed by atoms with Crippen LogP contribution in [0.2, 0.25) is 0 Å². The van der Waals surface area contributed by atoms with Crippen LogP contribution < -0.4 is 0 Å². The molecule has 64 valence electrons. The van der Waals surface area contributed by atoms with Crippen LogP contribution >= 0.6 is 15.9 Å². The Balaban J connectivity index is 2.02. The second-order valence-electron chi connectivity index (χ2n) is 3.45. The van der Waals surface area contributed by atoms with Crippen molar-refractivity contribution < 1.29 is 9.84 Å². The molecular formula is C8H13BrO2. The average molecular weight is 221 g/mol. The van der Waals surface area contributed by atoms with Crippen LogP contribution in [-0.2, 0) is 4.74 Å². The minimum absolute atomic E-state index is 0.127. The number of halogens is 1. The van der Waals surface area contributed by atoms with Gasteiger partial charge in [-0.05, 0) is 25.7 Å². The lowest BCUT2D eigenvalue weighted by atomic mass is 9.90. The molecular weight excluding hydrogens is 208 g/mol. The molecule has 0 aromatic carbocycles. The maximum atomic E-state index is 9.47. The van der Waals surface area contributed by atoms with Gasteiger partial charge in [-0.1, -0.05) is 15.9 Å². The predicted molar refractivity (Wildman–Crippen MR) is 45.9 cm³/mol. The van der Waals surface area contributed by atoms with Crippen molar-refractivity contribution in [3.05, 3.63) is 0 Å². The first-order valence-electron chi connectivity index (χ1n) is 4.25. The number of fused-ring (bicyclic) bond motifs is 2. The molecule has 2 bridgehead atoms. The van der Waals surface area contributed by atoms with Crippen molar-refractivity contribution >= 4 is 15.9 Å². The number of hydrogen-bond acceptors (Lipinski definition) is 2. The number of alkyl halides is 1. The van der Waals surface area contributed by atoms with E-state index in [0.29, 0.717) is 10.9 Å². The predicted octanol–water partition coefficient (Wildman–Crippen LogP) is 1.45. The second-order valence-corrected chi connectivity index (χ2v) is 4.63. The van der Waals surface area contributed by atoms with E-state index in [1.165, 1.54) is 0 Å². The van der Waals surface area contributed by atoms with Crippen molar-refractivity contribution in [1.82, 2.24) is 0 Å². The third kappa shape index (κ3) is 1.46. The first-order chi connectivity index (χ1) is 5.27. The fourth-order valence-electron chi connectivity index (χ4n) is 1.94. The zero-order chi connectivity index (χ0) is 7.84. The van der Waals surface area contributed by atoms with E-state index in [2.05, 4.69) is 15.9 Å². The summed E-state index contributed by atoms with van der Waals surface area (Å²) in [6.07, 6.45) is 4.36. The van der Waals surface area contributed by atoms with Crippen molar-refractivity contribution in [2.45, 2.75) is 48.8 Å². The van der Waals surface area contributed by atoms with Gasteiger partial charge in [0.25, 0.3) is 0 Å². The second kappa shape index (κ2) is 3.04. The first-order valence-corrected chi connectivity index (χ1v) is 5.16. The molecule has 0 aliphatic carbocycles. The van der Waals surface area contributed by atoms with Crippen LogP contribution in [0.5, 0.6) is 0 Å². The van der Waals surface area contributed by atoms with E-state index in [4.69, 9.17) is 4.74 Å². The molecule has 2 aliphatic heterocycles. The van der Waals surface area contributed by atoms with Gasteiger partial charge in [0.05, 0.1) is 18.3 Å². The molecule has 0 radical (unpaired) electrons. The molecule has 2 nitrogen and oxygen atoms in total. The number of hydrogen-bond donors (Lipinski definition) is 1. The summed E-state index contributed by atoms with van der Waals surface area (Å²) < 4.78 is 5.65. The molecule has 0 unspecified atom stereocenters. The molecule has 2 rings (SSSR count). The molecule has 3 heteroatoms. The molecule has 0 amide bonds. The summed E-state index contributed by atoms with van der Waals surface area (Å²) in [5.74, 6) is 0. The molecule has 2 saturated heterocycles. The Morgan fingerprint density at radius 3 is 2.64 bits per heavy atom. The number of rotatable bonds is 0. The van der Waals surface area contributed by atoms with Crippen molar-refractivity contribution in [2.75, 3.05) is 0 Å². The van der Waals surface area contributed by atoms with Crippen molar-refractivity contribution in [1.29, 1.82) is 0 Å². The highest BCUT2D eigenvalue weighted by atomic mass is 79.9. The van der Waals surface area contributed by atoms with Crippen LogP contribution in [0.1, 0.15) is 25.7 Å². The van der Waals surface area contributed by atoms with Crippen LogP contribution in [0, 0.1) is 0 Å². The Morgan fingerprint density at radius 2 is 1.82 bits per heavy atom. The first kappa shape index (κ1) is 8.02. The van der Waals surface area contributed by atoms with Crippen molar-refractivity contribution in [2.24, 2.45) is 0 Å². The topological polar surface area (TPSA) is 29.5 Å². The molecule has 0 aromatic rings. The Morgan fingerprint density at radius 1 is 1.09 bits per heavy atom. The summed E-state index contributed by atoms with van der Waals surface area (Å²) in [7, 11) is 0. The standard InChI is InChI=1S/C8H13BrO2/c9-5-1-3-8-6(10)2-4-7(5)11-8/h5-8,10H,1-4H2/t5-,6-,7-,8-/m1/s1. The van der Waals surface area contributed by atoms with Gasteiger partial charge in [0.15, 0.2) is 0 Å². The van der Waals surface area contributed by atoms with Crippen LogP contribution in [0.3, 0.4) is 0 Å². The molecule has 2 heterocycles. The Bertz CT molecular complexity index is 135. The van der Waals surface area contributed by atoms with Gasteiger partial charge >= 0.3 is 0 Å². The van der Waals surface area contributed by atoms with Crippen molar-refractivity contribution in [3.8, 4) is 0 Å². The normalized spacial score (nSPS) is 50.7. The zero-order valence-electron chi connectivity index (χ0n) is 6.37. The SMILES string of the molecule is O[C@@H]1CC[C@H]2O[C@@H]1CC[C@H]2Br. The molecule has 0 saturated carbocycles. The van der Waals surface area contributed by atoms with E-state index >= 15 is 0 Å². The van der Waals surface area contributed by atoms with Gasteiger partial charge in [0.2, 0.25) is 0 Å². The summed E-state index contributed by atoms with van der Waals surface area (Å²) in [5, 5.41) is 9.47. The van der Waals surface area contributed by atoms with Crippen LogP contribution in [0.25, 0.3) is 0 Å². The molecule has 0 aromatic heterocycles. The van der Waals surface area contributed by atoms with E-state index in [9.17, 15) is 5.11 Å². The van der Waals surface area contributed by atoms with E-state index in [1.807, 2.05) is 0 Å². The summed E-state index contributed by atoms with van der Waals surface area (Å²) in [4.78, 5) is 0.520. The molecule has 2 aliphatic rings. The molecule has 2 fully saturated rings. The Hall–Kier alpha value is 0.400. The van der Waals surface area contributed by atoms with Gasteiger partial charge < -0.3 is 9.84 Å². The smallest absolute Gasteiger partial charge is 0.0838 e. The van der Waals surface area contributed by atoms with E-state index in [-0.39, 0.29) is 12.2 Å². The fourth-order valence-corrected chi connectivity index (χ4v) is 2.59. The zero-order valence-corrected chi connectivity index (χ0v) is 7.96. The third-order valence-electron chi connectivity index (χ3n) is 2.66. The average Bonchev–Trinajstić information content (AvgIpc) is 2.02. The number of aliphatic hydroxyl groups excluding tert-OH is 1. The molecule has 0 spiro atoms. The lowest BCUT2D eigenvalue weighted by Crippen LogP contribution is -2.46. The lowest BCUT2D eigenvalue weighted by Gasteiger charge is -2.40. The maximum absolute atomic E-state index is 9.47. The van der Waals surface area contributed by atoms with Crippen LogP contribution in [0.15, 0.2) is 0 Å². The van der Waals surface area contributed by atoms with E-state index in [0.717, 1.165) is 25.7 Å². The summed E-state index contributed by atoms with van der Waals surface area (Å²) in [6, 6.07) is 0. The Kier molecular flexibility index (Phi) is 2.21. The lowest BCUT2D eigenvalue weighted by molar-refractivity contribution is -0.138. The van der Waals surface area contributed by atoms with Crippen LogP contribution in [-0.4, -0.2) is 28.2 Å². The Labute approximate surface area is 75.1 Å². The molecule has 11 heavy (non-hydrogen) atoms. The van der Waals surface area contributed by atoms with Gasteiger partial charge in [0, 0.05) is 4.83 Å². The summed E-state index contributed by atoms with van der Waals surface area (Å²) >= 11 is 3.59. The summed E-state index contributed by atoms with van der Waals surface area (Å²) in [6.45, 7) is 0. The highest BCUT2D eigenvalue weighted by Gasteiger charge is 2.37. The van der Waals surface area contributed by atoms with E-state index in [1.54, 1.807) is 0 Å². The molecule has 4 atom stereocenters. The van der Waals surface area contributed by atoms with Gasteiger partial charge in [-0.3, -0.25) is 0 Å².